The molecule has 1 unspecified atom stereocenters. The Morgan fingerprint density at radius 2 is 1.83 bits per heavy atom. The predicted octanol–water partition coefficient (Wildman–Crippen LogP) is 3.15. The summed E-state index contributed by atoms with van der Waals surface area (Å²) in [5.74, 6) is 0. The van der Waals surface area contributed by atoms with Crippen molar-refractivity contribution < 1.29 is 17.9 Å². The first kappa shape index (κ1) is 21.3. The van der Waals surface area contributed by atoms with E-state index in [2.05, 4.69) is 17.6 Å². The Balaban J connectivity index is 1.65. The zero-order valence-electron chi connectivity index (χ0n) is 16.7. The molecule has 3 rings (SSSR count). The third kappa shape index (κ3) is 5.35. The summed E-state index contributed by atoms with van der Waals surface area (Å²) in [5, 5.41) is 5.60. The van der Waals surface area contributed by atoms with Crippen molar-refractivity contribution in [3.05, 3.63) is 59.7 Å². The molecule has 29 heavy (non-hydrogen) atoms. The van der Waals surface area contributed by atoms with Crippen molar-refractivity contribution in [2.45, 2.75) is 31.2 Å². The number of carbonyl (C=O) groups excluding carboxylic acids is 1. The number of carbonyl (C=O) groups is 1. The number of hydrogen-bond acceptors (Lipinski definition) is 4. The van der Waals surface area contributed by atoms with Crippen molar-refractivity contribution in [2.75, 3.05) is 31.6 Å². The Morgan fingerprint density at radius 3 is 2.48 bits per heavy atom. The minimum absolute atomic E-state index is 0.153. The standard InChI is InChI=1S/C21H27N3O4S/c1-3-17-7-9-18(10-8-17)16(2)22-21(25)23-19-5-4-6-20(15-19)29(26,27)24-11-13-28-14-12-24/h4-10,15-16H,3,11-14H2,1-2H3,(H2,22,23,25). The van der Waals surface area contributed by atoms with Gasteiger partial charge < -0.3 is 15.4 Å². The molecule has 7 nitrogen and oxygen atoms in total. The lowest BCUT2D eigenvalue weighted by atomic mass is 10.1. The van der Waals surface area contributed by atoms with E-state index >= 15 is 0 Å². The van der Waals surface area contributed by atoms with Gasteiger partial charge in [0.1, 0.15) is 0 Å². The number of aryl methyl sites for hydroxylation is 1. The van der Waals surface area contributed by atoms with Gasteiger partial charge in [-0.3, -0.25) is 0 Å². The molecule has 0 radical (unpaired) electrons. The largest absolute Gasteiger partial charge is 0.379 e. The SMILES string of the molecule is CCc1ccc(C(C)NC(=O)Nc2cccc(S(=O)(=O)N3CCOCC3)c2)cc1. The second kappa shape index (κ2) is 9.39. The Labute approximate surface area is 172 Å². The van der Waals surface area contributed by atoms with Gasteiger partial charge in [-0.15, -0.1) is 0 Å². The van der Waals surface area contributed by atoms with Crippen LogP contribution in [0, 0.1) is 0 Å². The first-order valence-corrected chi connectivity index (χ1v) is 11.2. The number of ether oxygens (including phenoxy) is 1. The van der Waals surface area contributed by atoms with Crippen LogP contribution in [-0.4, -0.2) is 45.1 Å². The van der Waals surface area contributed by atoms with Crippen LogP contribution in [-0.2, 0) is 21.2 Å². The molecule has 0 aromatic heterocycles. The van der Waals surface area contributed by atoms with Gasteiger partial charge in [-0.2, -0.15) is 4.31 Å². The topological polar surface area (TPSA) is 87.7 Å². The lowest BCUT2D eigenvalue weighted by Crippen LogP contribution is -2.40. The van der Waals surface area contributed by atoms with Crippen LogP contribution in [0.4, 0.5) is 10.5 Å². The molecule has 2 aromatic carbocycles. The van der Waals surface area contributed by atoms with Gasteiger partial charge in [0.05, 0.1) is 24.2 Å². The molecule has 1 fully saturated rings. The number of hydrogen-bond donors (Lipinski definition) is 2. The fourth-order valence-electron chi connectivity index (χ4n) is 3.16. The third-order valence-electron chi connectivity index (χ3n) is 4.94. The number of rotatable bonds is 6. The van der Waals surface area contributed by atoms with Crippen LogP contribution in [0.15, 0.2) is 53.4 Å². The maximum absolute atomic E-state index is 12.8. The maximum atomic E-state index is 12.8. The second-order valence-electron chi connectivity index (χ2n) is 6.96. The van der Waals surface area contributed by atoms with Gasteiger partial charge in [-0.25, -0.2) is 13.2 Å². The van der Waals surface area contributed by atoms with Crippen LogP contribution in [0.5, 0.6) is 0 Å². The first-order chi connectivity index (χ1) is 13.9. The number of nitrogens with zero attached hydrogens (tertiary/aromatic N) is 1. The fraction of sp³-hybridized carbons (Fsp3) is 0.381. The smallest absolute Gasteiger partial charge is 0.319 e. The Hall–Kier alpha value is -2.42. The Morgan fingerprint density at radius 1 is 1.14 bits per heavy atom. The van der Waals surface area contributed by atoms with Crippen LogP contribution >= 0.6 is 0 Å². The van der Waals surface area contributed by atoms with Crippen molar-refractivity contribution in [1.82, 2.24) is 9.62 Å². The second-order valence-corrected chi connectivity index (χ2v) is 8.90. The molecule has 0 spiro atoms. The summed E-state index contributed by atoms with van der Waals surface area (Å²) in [5.41, 5.74) is 2.66. The molecule has 156 valence electrons. The zero-order valence-corrected chi connectivity index (χ0v) is 17.5. The highest BCUT2D eigenvalue weighted by atomic mass is 32.2. The quantitative estimate of drug-likeness (QED) is 0.756. The molecule has 1 aliphatic rings. The van der Waals surface area contributed by atoms with Gasteiger partial charge in [0, 0.05) is 18.8 Å². The van der Waals surface area contributed by atoms with Gasteiger partial charge >= 0.3 is 6.03 Å². The van der Waals surface area contributed by atoms with Crippen molar-refractivity contribution in [2.24, 2.45) is 0 Å². The minimum atomic E-state index is -3.61. The van der Waals surface area contributed by atoms with Crippen LogP contribution < -0.4 is 10.6 Å². The summed E-state index contributed by atoms with van der Waals surface area (Å²) in [4.78, 5) is 12.5. The van der Waals surface area contributed by atoms with Gasteiger partial charge in [-0.05, 0) is 42.7 Å². The number of morpholine rings is 1. The van der Waals surface area contributed by atoms with Gasteiger partial charge in [0.15, 0.2) is 0 Å². The minimum Gasteiger partial charge on any atom is -0.379 e. The van der Waals surface area contributed by atoms with E-state index in [1.807, 2.05) is 31.2 Å². The van der Waals surface area contributed by atoms with Crippen molar-refractivity contribution >= 4 is 21.7 Å². The van der Waals surface area contributed by atoms with Crippen LogP contribution in [0.3, 0.4) is 0 Å². The number of anilines is 1. The fourth-order valence-corrected chi connectivity index (χ4v) is 4.61. The average molecular weight is 418 g/mol. The van der Waals surface area contributed by atoms with E-state index in [0.29, 0.717) is 32.0 Å². The highest BCUT2D eigenvalue weighted by Crippen LogP contribution is 2.21. The highest BCUT2D eigenvalue weighted by molar-refractivity contribution is 7.89. The first-order valence-electron chi connectivity index (χ1n) is 9.74. The van der Waals surface area contributed by atoms with Crippen LogP contribution in [0.1, 0.15) is 31.0 Å². The lowest BCUT2D eigenvalue weighted by Gasteiger charge is -2.26. The molecule has 1 heterocycles. The van der Waals surface area contributed by atoms with E-state index in [1.165, 1.54) is 22.0 Å². The number of nitrogens with one attached hydrogen (secondary N) is 2. The molecular weight excluding hydrogens is 390 g/mol. The number of benzene rings is 2. The van der Waals surface area contributed by atoms with E-state index in [-0.39, 0.29) is 10.9 Å². The van der Waals surface area contributed by atoms with Gasteiger partial charge in [-0.1, -0.05) is 37.3 Å². The zero-order chi connectivity index (χ0) is 20.9. The number of amides is 2. The van der Waals surface area contributed by atoms with E-state index in [1.54, 1.807) is 12.1 Å². The van der Waals surface area contributed by atoms with Crippen LogP contribution in [0.2, 0.25) is 0 Å². The summed E-state index contributed by atoms with van der Waals surface area (Å²) in [7, 11) is -3.61. The van der Waals surface area contributed by atoms with E-state index in [4.69, 9.17) is 4.74 Å². The normalized spacial score (nSPS) is 16.2. The van der Waals surface area contributed by atoms with Gasteiger partial charge in [0.25, 0.3) is 0 Å². The summed E-state index contributed by atoms with van der Waals surface area (Å²) in [6.07, 6.45) is 0.965. The number of urea groups is 1. The van der Waals surface area contributed by atoms with Crippen LogP contribution in [0.25, 0.3) is 0 Å². The van der Waals surface area contributed by atoms with E-state index < -0.39 is 16.1 Å². The van der Waals surface area contributed by atoms with Gasteiger partial charge in [0.2, 0.25) is 10.0 Å². The lowest BCUT2D eigenvalue weighted by molar-refractivity contribution is 0.0730. The van der Waals surface area contributed by atoms with Crippen molar-refractivity contribution in [3.8, 4) is 0 Å². The molecule has 0 aliphatic carbocycles. The number of sulfonamides is 1. The molecule has 0 bridgehead atoms. The molecule has 8 heteroatoms. The van der Waals surface area contributed by atoms with E-state index in [0.717, 1.165) is 12.0 Å². The predicted molar refractivity (Wildman–Crippen MR) is 112 cm³/mol. The van der Waals surface area contributed by atoms with Crippen molar-refractivity contribution in [3.63, 3.8) is 0 Å². The summed E-state index contributed by atoms with van der Waals surface area (Å²) in [6, 6.07) is 13.8. The third-order valence-corrected chi connectivity index (χ3v) is 6.83. The molecule has 0 saturated carbocycles. The summed E-state index contributed by atoms with van der Waals surface area (Å²) < 4.78 is 32.2. The average Bonchev–Trinajstić information content (AvgIpc) is 2.74. The highest BCUT2D eigenvalue weighted by Gasteiger charge is 2.26. The summed E-state index contributed by atoms with van der Waals surface area (Å²) >= 11 is 0. The monoisotopic (exact) mass is 417 g/mol. The summed E-state index contributed by atoms with van der Waals surface area (Å²) in [6.45, 7) is 5.42. The molecule has 1 aliphatic heterocycles. The molecule has 2 N–H and O–H groups in total. The Kier molecular flexibility index (Phi) is 6.89. The Bertz CT molecular complexity index is 939. The molecule has 2 amide bonds. The molecule has 1 atom stereocenters. The molecule has 1 saturated heterocycles. The van der Waals surface area contributed by atoms with E-state index in [9.17, 15) is 13.2 Å². The van der Waals surface area contributed by atoms with Crippen molar-refractivity contribution in [1.29, 1.82) is 0 Å². The maximum Gasteiger partial charge on any atom is 0.319 e. The molecular formula is C21H27N3O4S. The molecule has 2 aromatic rings.